The van der Waals surface area contributed by atoms with Crippen molar-refractivity contribution in [3.05, 3.63) is 95.3 Å². The zero-order chi connectivity index (χ0) is 54.2. The zero-order valence-corrected chi connectivity index (χ0v) is 45.1. The standard InChI is InChI=1S/C56H67FN12O8S/c1-31(2)52(56(73)68-29-37(70)20-47(68)55(72)62-32(3)42-26-60-45(23-43(42)57)53-33(4)61-30-78-53)49-25-51(65-77-49)74-18-17-66-15-12-38(13-16-66)75-39-21-40(22-39)76-50-19-34(11-14-59-50)69-35-9-10-36(69)28-67(27-35)46-24-44(63-64-54(46)58)41-7-5-6-8-48(41)71/h5-8,11,14,19,23-26,30-32,35-40,47,52,70-71H,9-10,12-13,15-18,20-22,27-29H2,1-4H3,(H2,58,64)(H,62,72)/t32-,35?,36?,37-,39?,40?,47+,52-/m1/s1. The lowest BCUT2D eigenvalue weighted by Gasteiger charge is -2.43. The molecule has 2 unspecified atom stereocenters. The summed E-state index contributed by atoms with van der Waals surface area (Å²) < 4.78 is 40.0. The Morgan fingerprint density at radius 1 is 0.910 bits per heavy atom. The van der Waals surface area contributed by atoms with Crippen LogP contribution >= 0.6 is 11.3 Å². The SMILES string of the molecule is Cc1ncsc1-c1cc(F)c([C@@H](C)NC(=O)[C@@H]2C[C@@H](O)CN2C(=O)[C@@H](c2cc(OCCN3CCC(OC4CC(Oc5cc(N6C7CCC6CN(c6cc(-c8ccccc8O)nnc6N)C7)ccn5)C4)CC3)no2)C(C)C)cn1. The number of anilines is 3. The maximum Gasteiger partial charge on any atom is 0.254 e. The molecule has 5 N–H and O–H groups in total. The van der Waals surface area contributed by atoms with Gasteiger partial charge in [-0.25, -0.2) is 14.4 Å². The monoisotopic (exact) mass is 1090 g/mol. The number of phenolic OH excluding ortho intramolecular Hbond substituents is 1. The fraction of sp³-hybridized carbons (Fsp3) is 0.500. The summed E-state index contributed by atoms with van der Waals surface area (Å²) in [5, 5.41) is 36.7. The number of para-hydroxylation sites is 1. The number of carbonyl (C=O) groups is 2. The van der Waals surface area contributed by atoms with Crippen molar-refractivity contribution in [1.82, 2.24) is 45.4 Å². The van der Waals surface area contributed by atoms with Gasteiger partial charge in [-0.15, -0.1) is 21.5 Å². The number of benzene rings is 1. The van der Waals surface area contributed by atoms with E-state index in [1.54, 1.807) is 30.6 Å². The van der Waals surface area contributed by atoms with Gasteiger partial charge >= 0.3 is 0 Å². The number of piperidine rings is 1. The number of aromatic nitrogens is 6. The first-order valence-corrected chi connectivity index (χ1v) is 28.0. The van der Waals surface area contributed by atoms with E-state index in [0.717, 1.165) is 86.6 Å². The molecule has 4 aliphatic heterocycles. The third-order valence-corrected chi connectivity index (χ3v) is 17.0. The molecule has 0 radical (unpaired) electrons. The molecule has 4 saturated heterocycles. The summed E-state index contributed by atoms with van der Waals surface area (Å²) in [6, 6.07) is 15.0. The molecule has 5 aliphatic rings. The summed E-state index contributed by atoms with van der Waals surface area (Å²) in [7, 11) is 0. The maximum atomic E-state index is 15.4. The first-order chi connectivity index (χ1) is 37.7. The predicted octanol–water partition coefficient (Wildman–Crippen LogP) is 6.69. The van der Waals surface area contributed by atoms with Crippen molar-refractivity contribution >= 4 is 40.3 Å². The molecule has 2 amide bonds. The number of hydrogen-bond donors (Lipinski definition) is 4. The van der Waals surface area contributed by atoms with E-state index >= 15 is 4.39 Å². The van der Waals surface area contributed by atoms with Crippen LogP contribution in [0.5, 0.6) is 17.5 Å². The highest BCUT2D eigenvalue weighted by Crippen LogP contribution is 2.41. The summed E-state index contributed by atoms with van der Waals surface area (Å²) in [5.74, 6) is -0.712. The molecule has 20 nitrogen and oxygen atoms in total. The number of nitrogens with one attached hydrogen (secondary N) is 1. The van der Waals surface area contributed by atoms with Gasteiger partial charge in [0.1, 0.15) is 36.2 Å². The van der Waals surface area contributed by atoms with Crippen LogP contribution in [0.3, 0.4) is 0 Å². The largest absolute Gasteiger partial charge is 0.507 e. The highest BCUT2D eigenvalue weighted by atomic mass is 32.1. The molecular formula is C56H67FN12O8S. The van der Waals surface area contributed by atoms with Crippen molar-refractivity contribution < 1.29 is 42.9 Å². The van der Waals surface area contributed by atoms with Crippen LogP contribution in [0.15, 0.2) is 77.0 Å². The van der Waals surface area contributed by atoms with Gasteiger partial charge in [-0.05, 0) is 74.9 Å². The van der Waals surface area contributed by atoms with Gasteiger partial charge in [0.05, 0.1) is 57.5 Å². The van der Waals surface area contributed by atoms with Crippen LogP contribution in [-0.2, 0) is 14.3 Å². The number of phenols is 1. The molecule has 5 aromatic heterocycles. The number of fused-ring (bicyclic) bond motifs is 2. The number of aliphatic hydroxyl groups is 1. The van der Waals surface area contributed by atoms with Crippen LogP contribution in [0, 0.1) is 18.7 Å². The van der Waals surface area contributed by atoms with Gasteiger partial charge in [-0.1, -0.05) is 26.0 Å². The van der Waals surface area contributed by atoms with Crippen molar-refractivity contribution in [2.75, 3.05) is 61.4 Å². The molecule has 1 aliphatic carbocycles. The van der Waals surface area contributed by atoms with E-state index in [0.29, 0.717) is 47.6 Å². The van der Waals surface area contributed by atoms with Crippen LogP contribution in [0.2, 0.25) is 0 Å². The molecule has 6 atom stereocenters. The van der Waals surface area contributed by atoms with E-state index in [2.05, 4.69) is 62.5 Å². The van der Waals surface area contributed by atoms with Crippen molar-refractivity contribution in [1.29, 1.82) is 0 Å². The number of aryl methyl sites for hydroxylation is 1. The van der Waals surface area contributed by atoms with Gasteiger partial charge in [0.15, 0.2) is 11.6 Å². The minimum Gasteiger partial charge on any atom is -0.507 e. The number of rotatable bonds is 18. The topological polar surface area (TPSA) is 244 Å². The number of amides is 2. The van der Waals surface area contributed by atoms with Gasteiger partial charge < -0.3 is 54.7 Å². The van der Waals surface area contributed by atoms with E-state index < -0.39 is 35.8 Å². The Labute approximate surface area is 456 Å². The zero-order valence-electron chi connectivity index (χ0n) is 44.3. The Kier molecular flexibility index (Phi) is 15.5. The molecule has 2 bridgehead atoms. The number of ether oxygens (including phenoxy) is 3. The number of nitrogens with zero attached hydrogens (tertiary/aromatic N) is 10. The summed E-state index contributed by atoms with van der Waals surface area (Å²) in [4.78, 5) is 50.5. The lowest BCUT2D eigenvalue weighted by atomic mass is 9.91. The molecule has 5 fully saturated rings. The van der Waals surface area contributed by atoms with Crippen LogP contribution in [0.25, 0.3) is 21.8 Å². The number of halogens is 1. The third-order valence-electron chi connectivity index (χ3n) is 16.0. The smallest absolute Gasteiger partial charge is 0.254 e. The van der Waals surface area contributed by atoms with E-state index in [4.69, 9.17) is 24.5 Å². The van der Waals surface area contributed by atoms with Crippen molar-refractivity contribution in [3.63, 3.8) is 0 Å². The second kappa shape index (κ2) is 22.8. The second-order valence-corrected chi connectivity index (χ2v) is 22.6. The van der Waals surface area contributed by atoms with Crippen LogP contribution in [0.1, 0.15) is 94.7 Å². The molecule has 6 aromatic rings. The Balaban J connectivity index is 0.604. The number of nitrogen functional groups attached to an aromatic ring is 1. The van der Waals surface area contributed by atoms with Gasteiger partial charge in [-0.3, -0.25) is 19.5 Å². The maximum absolute atomic E-state index is 15.4. The van der Waals surface area contributed by atoms with Crippen molar-refractivity contribution in [3.8, 4) is 39.3 Å². The lowest BCUT2D eigenvalue weighted by Crippen LogP contribution is -2.54. The molecule has 11 rings (SSSR count). The van der Waals surface area contributed by atoms with Crippen molar-refractivity contribution in [2.24, 2.45) is 5.92 Å². The normalized spacial score (nSPS) is 23.3. The minimum atomic E-state index is -0.977. The van der Waals surface area contributed by atoms with Crippen molar-refractivity contribution in [2.45, 2.75) is 127 Å². The average molecular weight is 1090 g/mol. The number of nitrogens with two attached hydrogens (primary N) is 1. The number of hydrogen-bond acceptors (Lipinski definition) is 19. The van der Waals surface area contributed by atoms with Crippen LogP contribution < -0.4 is 30.3 Å². The first-order valence-electron chi connectivity index (χ1n) is 27.1. The van der Waals surface area contributed by atoms with Crippen LogP contribution in [-0.4, -0.2) is 151 Å². The number of aliphatic hydroxyl groups excluding tert-OH is 1. The summed E-state index contributed by atoms with van der Waals surface area (Å²) in [6.45, 7) is 11.6. The van der Waals surface area contributed by atoms with Gasteiger partial charge in [0, 0.05) is 118 Å². The van der Waals surface area contributed by atoms with E-state index in [9.17, 15) is 19.8 Å². The molecule has 1 saturated carbocycles. The highest BCUT2D eigenvalue weighted by molar-refractivity contribution is 7.13. The van der Waals surface area contributed by atoms with Crippen LogP contribution in [0.4, 0.5) is 21.6 Å². The summed E-state index contributed by atoms with van der Waals surface area (Å²) in [6.07, 6.45) is 8.30. The summed E-state index contributed by atoms with van der Waals surface area (Å²) in [5.41, 5.74) is 12.6. The summed E-state index contributed by atoms with van der Waals surface area (Å²) >= 11 is 1.37. The fourth-order valence-corrected chi connectivity index (χ4v) is 12.6. The number of piperazine rings is 1. The number of β-amino-alcohol motifs (C(OH)–C–C–N with tert-alkyl or cyclic N) is 1. The number of likely N-dealkylation sites (tertiary alicyclic amines) is 2. The fourth-order valence-electron chi connectivity index (χ4n) is 11.9. The van der Waals surface area contributed by atoms with Gasteiger partial charge in [0.2, 0.25) is 17.7 Å². The molecule has 0 spiro atoms. The Morgan fingerprint density at radius 2 is 1.69 bits per heavy atom. The second-order valence-electron chi connectivity index (χ2n) is 21.7. The molecular weight excluding hydrogens is 1020 g/mol. The first kappa shape index (κ1) is 53.0. The molecule has 22 heteroatoms. The molecule has 412 valence electrons. The number of carbonyl (C=O) groups excluding carboxylic acids is 2. The van der Waals surface area contributed by atoms with Gasteiger partial charge in [0.25, 0.3) is 5.88 Å². The Morgan fingerprint density at radius 3 is 2.42 bits per heavy atom. The average Bonchev–Trinajstić information content (AvgIpc) is 4.23. The van der Waals surface area contributed by atoms with E-state index in [1.165, 1.54) is 28.5 Å². The quantitative estimate of drug-likeness (QED) is 0.0701. The predicted molar refractivity (Wildman–Crippen MR) is 290 cm³/mol. The van der Waals surface area contributed by atoms with Gasteiger partial charge in [-0.2, -0.15) is 0 Å². The lowest BCUT2D eigenvalue weighted by molar-refractivity contribution is -0.141. The van der Waals surface area contributed by atoms with E-state index in [-0.39, 0.29) is 72.4 Å². The van der Waals surface area contributed by atoms with E-state index in [1.807, 2.05) is 45.2 Å². The Bertz CT molecular complexity index is 3080. The molecule has 1 aromatic carbocycles. The molecule has 9 heterocycles. The number of aromatic hydroxyl groups is 1. The third kappa shape index (κ3) is 11.3. The highest BCUT2D eigenvalue weighted by Gasteiger charge is 2.45. The minimum absolute atomic E-state index is 0.0345. The number of pyridine rings is 2. The Hall–Kier alpha value is -7.01. The molecule has 78 heavy (non-hydrogen) atoms. The number of thiazole rings is 1.